The van der Waals surface area contributed by atoms with E-state index in [0.717, 1.165) is 18.2 Å². The summed E-state index contributed by atoms with van der Waals surface area (Å²) in [6.07, 6.45) is 0. The van der Waals surface area contributed by atoms with Gasteiger partial charge < -0.3 is 15.7 Å². The molecule has 0 bridgehead atoms. The summed E-state index contributed by atoms with van der Waals surface area (Å²) in [4.78, 5) is 0. The van der Waals surface area contributed by atoms with Crippen LogP contribution in [0.2, 0.25) is 5.02 Å². The average Bonchev–Trinajstić information content (AvgIpc) is 2.41. The number of ether oxygens (including phenoxy) is 1. The van der Waals surface area contributed by atoms with Crippen molar-refractivity contribution in [3.63, 3.8) is 0 Å². The van der Waals surface area contributed by atoms with Gasteiger partial charge in [0.25, 0.3) is 0 Å². The summed E-state index contributed by atoms with van der Waals surface area (Å²) >= 11 is 5.82. The van der Waals surface area contributed by atoms with Crippen LogP contribution in [0, 0.1) is 11.6 Å². The number of hydrogen-bond donors (Lipinski definition) is 2. The van der Waals surface area contributed by atoms with E-state index in [1.165, 1.54) is 18.2 Å². The lowest BCUT2D eigenvalue weighted by molar-refractivity contribution is 0.318. The second-order valence-electron chi connectivity index (χ2n) is 3.78. The van der Waals surface area contributed by atoms with Crippen LogP contribution in [0.25, 0.3) is 0 Å². The third kappa shape index (κ3) is 2.80. The van der Waals surface area contributed by atoms with Gasteiger partial charge in [-0.05, 0) is 30.3 Å². The second kappa shape index (κ2) is 5.75. The van der Waals surface area contributed by atoms with Crippen LogP contribution in [0.15, 0.2) is 41.6 Å². The van der Waals surface area contributed by atoms with Crippen molar-refractivity contribution < 1.29 is 18.7 Å². The molecule has 0 fully saturated rings. The van der Waals surface area contributed by atoms with Gasteiger partial charge in [-0.1, -0.05) is 22.8 Å². The molecule has 0 aliphatic rings. The molecule has 0 unspecified atom stereocenters. The minimum Gasteiger partial charge on any atom is -0.455 e. The third-order valence-electron chi connectivity index (χ3n) is 2.45. The van der Waals surface area contributed by atoms with Gasteiger partial charge in [0.2, 0.25) is 0 Å². The molecule has 2 rings (SSSR count). The second-order valence-corrected chi connectivity index (χ2v) is 4.18. The molecular formula is C13H9ClF2N2O2. The maximum atomic E-state index is 13.7. The number of amidine groups is 1. The topological polar surface area (TPSA) is 67.8 Å². The zero-order chi connectivity index (χ0) is 14.7. The Kier molecular flexibility index (Phi) is 4.05. The zero-order valence-corrected chi connectivity index (χ0v) is 10.7. The van der Waals surface area contributed by atoms with Crippen molar-refractivity contribution in [3.8, 4) is 11.5 Å². The molecule has 0 radical (unpaired) electrons. The highest BCUT2D eigenvalue weighted by atomic mass is 35.5. The Morgan fingerprint density at radius 3 is 2.60 bits per heavy atom. The van der Waals surface area contributed by atoms with E-state index >= 15 is 0 Å². The molecule has 0 aliphatic carbocycles. The molecule has 104 valence electrons. The minimum atomic E-state index is -0.726. The van der Waals surface area contributed by atoms with Crippen LogP contribution in [0.1, 0.15) is 5.56 Å². The van der Waals surface area contributed by atoms with Gasteiger partial charge in [-0.15, -0.1) is 0 Å². The van der Waals surface area contributed by atoms with E-state index in [2.05, 4.69) is 5.16 Å². The fourth-order valence-corrected chi connectivity index (χ4v) is 1.77. The van der Waals surface area contributed by atoms with Crippen LogP contribution in [0.3, 0.4) is 0 Å². The molecule has 20 heavy (non-hydrogen) atoms. The molecule has 2 aromatic rings. The predicted octanol–water partition coefficient (Wildman–Crippen LogP) is 3.51. The maximum Gasteiger partial charge on any atom is 0.176 e. The van der Waals surface area contributed by atoms with Crippen LogP contribution in [0.5, 0.6) is 11.5 Å². The van der Waals surface area contributed by atoms with Crippen molar-refractivity contribution in [1.82, 2.24) is 0 Å². The average molecular weight is 299 g/mol. The van der Waals surface area contributed by atoms with Gasteiger partial charge in [-0.3, -0.25) is 0 Å². The zero-order valence-electron chi connectivity index (χ0n) is 9.98. The highest BCUT2D eigenvalue weighted by Crippen LogP contribution is 2.32. The summed E-state index contributed by atoms with van der Waals surface area (Å²) in [6, 6.07) is 7.42. The summed E-state index contributed by atoms with van der Waals surface area (Å²) in [5.41, 5.74) is 5.19. The lowest BCUT2D eigenvalue weighted by Crippen LogP contribution is -2.16. The van der Waals surface area contributed by atoms with E-state index in [1.807, 2.05) is 0 Å². The Bertz CT molecular complexity index is 677. The van der Waals surface area contributed by atoms with E-state index in [1.54, 1.807) is 0 Å². The number of hydrogen-bond acceptors (Lipinski definition) is 3. The van der Waals surface area contributed by atoms with Crippen molar-refractivity contribution in [2.24, 2.45) is 10.9 Å². The fourth-order valence-electron chi connectivity index (χ4n) is 1.56. The molecule has 0 heterocycles. The van der Waals surface area contributed by atoms with Gasteiger partial charge in [0.1, 0.15) is 23.1 Å². The first-order valence-electron chi connectivity index (χ1n) is 5.42. The molecule has 3 N–H and O–H groups in total. The van der Waals surface area contributed by atoms with Gasteiger partial charge in [0.15, 0.2) is 5.84 Å². The van der Waals surface area contributed by atoms with Crippen molar-refractivity contribution in [2.45, 2.75) is 0 Å². The first-order valence-corrected chi connectivity index (χ1v) is 5.80. The SMILES string of the molecule is NC(=NO)c1c(F)cccc1Oc1ccc(F)cc1Cl. The van der Waals surface area contributed by atoms with Gasteiger partial charge in [0, 0.05) is 0 Å². The van der Waals surface area contributed by atoms with Crippen molar-refractivity contribution in [2.75, 3.05) is 0 Å². The Hall–Kier alpha value is -2.34. The van der Waals surface area contributed by atoms with Crippen molar-refractivity contribution in [1.29, 1.82) is 0 Å². The molecule has 0 atom stereocenters. The van der Waals surface area contributed by atoms with Gasteiger partial charge in [-0.25, -0.2) is 8.78 Å². The van der Waals surface area contributed by atoms with E-state index < -0.39 is 17.5 Å². The van der Waals surface area contributed by atoms with E-state index in [9.17, 15) is 8.78 Å². The van der Waals surface area contributed by atoms with Crippen LogP contribution in [-0.2, 0) is 0 Å². The van der Waals surface area contributed by atoms with E-state index in [0.29, 0.717) is 0 Å². The Morgan fingerprint density at radius 2 is 1.95 bits per heavy atom. The Morgan fingerprint density at radius 1 is 1.20 bits per heavy atom. The number of rotatable bonds is 3. The largest absolute Gasteiger partial charge is 0.455 e. The third-order valence-corrected chi connectivity index (χ3v) is 2.75. The summed E-state index contributed by atoms with van der Waals surface area (Å²) in [5, 5.41) is 11.4. The van der Waals surface area contributed by atoms with Crippen LogP contribution < -0.4 is 10.5 Å². The highest BCUT2D eigenvalue weighted by molar-refractivity contribution is 6.32. The van der Waals surface area contributed by atoms with Crippen molar-refractivity contribution >= 4 is 17.4 Å². The summed E-state index contributed by atoms with van der Waals surface area (Å²) in [6.45, 7) is 0. The molecular weight excluding hydrogens is 290 g/mol. The first-order chi connectivity index (χ1) is 9.52. The molecule has 0 aromatic heterocycles. The number of benzene rings is 2. The molecule has 0 saturated heterocycles. The van der Waals surface area contributed by atoms with Gasteiger partial charge in [-0.2, -0.15) is 0 Å². The fraction of sp³-hybridized carbons (Fsp3) is 0. The Balaban J connectivity index is 2.46. The molecule has 0 saturated carbocycles. The predicted molar refractivity (Wildman–Crippen MR) is 70.4 cm³/mol. The normalized spacial score (nSPS) is 11.4. The summed E-state index contributed by atoms with van der Waals surface area (Å²) < 4.78 is 32.0. The lowest BCUT2D eigenvalue weighted by Gasteiger charge is -2.12. The molecule has 2 aromatic carbocycles. The molecule has 0 spiro atoms. The number of nitrogens with two attached hydrogens (primary N) is 1. The number of oxime groups is 1. The number of nitrogens with zero attached hydrogens (tertiary/aromatic N) is 1. The Labute approximate surface area is 118 Å². The molecule has 0 aliphatic heterocycles. The lowest BCUT2D eigenvalue weighted by atomic mass is 10.1. The molecule has 0 amide bonds. The van der Waals surface area contributed by atoms with E-state index in [4.69, 9.17) is 27.3 Å². The summed E-state index contributed by atoms with van der Waals surface area (Å²) in [7, 11) is 0. The monoisotopic (exact) mass is 298 g/mol. The van der Waals surface area contributed by atoms with Crippen LogP contribution >= 0.6 is 11.6 Å². The molecule has 7 heteroatoms. The summed E-state index contributed by atoms with van der Waals surface area (Å²) in [5.74, 6) is -1.59. The van der Waals surface area contributed by atoms with Gasteiger partial charge in [0.05, 0.1) is 10.6 Å². The van der Waals surface area contributed by atoms with Crippen LogP contribution in [-0.4, -0.2) is 11.0 Å². The first kappa shape index (κ1) is 14.1. The highest BCUT2D eigenvalue weighted by Gasteiger charge is 2.16. The minimum absolute atomic E-state index is 0.00573. The van der Waals surface area contributed by atoms with Crippen LogP contribution in [0.4, 0.5) is 8.78 Å². The smallest absolute Gasteiger partial charge is 0.176 e. The standard InChI is InChI=1S/C13H9ClF2N2O2/c14-8-6-7(15)4-5-10(8)20-11-3-1-2-9(16)12(11)13(17)18-19/h1-6,19H,(H2,17,18). The molecule has 4 nitrogen and oxygen atoms in total. The van der Waals surface area contributed by atoms with Gasteiger partial charge >= 0.3 is 0 Å². The number of halogens is 3. The maximum absolute atomic E-state index is 13.7. The van der Waals surface area contributed by atoms with Crippen molar-refractivity contribution in [3.05, 3.63) is 58.6 Å². The van der Waals surface area contributed by atoms with E-state index in [-0.39, 0.29) is 22.1 Å². The quantitative estimate of drug-likeness (QED) is 0.394.